The van der Waals surface area contributed by atoms with Crippen LogP contribution in [-0.4, -0.2) is 49.8 Å². The molecule has 7 aromatic heterocycles. The third kappa shape index (κ3) is 3.39. The Morgan fingerprint density at radius 1 is 0.927 bits per heavy atom. The van der Waals surface area contributed by atoms with Crippen LogP contribution < -0.4 is 4.90 Å². The lowest BCUT2D eigenvalue weighted by atomic mass is 9.71. The first-order valence-electron chi connectivity index (χ1n) is 11.8. The van der Waals surface area contributed by atoms with Crippen molar-refractivity contribution < 1.29 is 18.1 Å². The number of H-pyrrole nitrogens is 1. The molecule has 0 saturated carbocycles. The van der Waals surface area contributed by atoms with Crippen molar-refractivity contribution in [3.05, 3.63) is 107 Å². The van der Waals surface area contributed by atoms with Crippen LogP contribution >= 0.6 is 23.1 Å². The van der Waals surface area contributed by atoms with Gasteiger partial charge in [-0.2, -0.15) is 4.37 Å². The molecule has 0 bridgehead atoms. The molecule has 0 fully saturated rings. The summed E-state index contributed by atoms with van der Waals surface area (Å²) in [7, 11) is 0. The lowest BCUT2D eigenvalue weighted by Crippen LogP contribution is -2.51. The van der Waals surface area contributed by atoms with Crippen molar-refractivity contribution in [2.24, 2.45) is 0 Å². The summed E-state index contributed by atoms with van der Waals surface area (Å²) in [6.45, 7) is 0. The molecule has 0 saturated heterocycles. The Morgan fingerprint density at radius 3 is 2.59 bits per heavy atom. The van der Waals surface area contributed by atoms with E-state index >= 15 is 0 Å². The number of aromatic nitrogens is 10. The summed E-state index contributed by atoms with van der Waals surface area (Å²) < 4.78 is 30.8. The van der Waals surface area contributed by atoms with Gasteiger partial charge < -0.3 is 18.4 Å². The second-order valence-corrected chi connectivity index (χ2v) is 9.84. The Kier molecular flexibility index (Phi) is 5.28. The molecule has 0 radical (unpaired) electrons. The molecule has 7 aromatic rings. The molecule has 200 valence electrons. The van der Waals surface area contributed by atoms with Gasteiger partial charge in [0.2, 0.25) is 0 Å². The maximum atomic E-state index is 6.02. The van der Waals surface area contributed by atoms with Crippen LogP contribution in [0.2, 0.25) is 0 Å². The first kappa shape index (κ1) is 23.3. The summed E-state index contributed by atoms with van der Waals surface area (Å²) in [6, 6.07) is 7.58. The number of hydrogen-bond acceptors (Lipinski definition) is 16. The summed E-state index contributed by atoms with van der Waals surface area (Å²) in [6.07, 6.45) is 9.26. The minimum absolute atomic E-state index is 0.200. The third-order valence-electron chi connectivity index (χ3n) is 6.59. The molecule has 1 unspecified atom stereocenters. The Morgan fingerprint density at radius 2 is 1.93 bits per heavy atom. The van der Waals surface area contributed by atoms with Crippen molar-refractivity contribution >= 4 is 51.5 Å². The molecule has 0 amide bonds. The number of hydrogen-bond donors (Lipinski definition) is 1. The Balaban J connectivity index is 1.66. The zero-order chi connectivity index (χ0) is 27.2. The lowest BCUT2D eigenvalue weighted by molar-refractivity contribution is 0.306. The normalized spacial score (nSPS) is 17.6. The predicted molar refractivity (Wildman–Crippen MR) is 141 cm³/mol. The van der Waals surface area contributed by atoms with Gasteiger partial charge in [0.15, 0.2) is 11.8 Å². The first-order valence-corrected chi connectivity index (χ1v) is 13.5. The summed E-state index contributed by atoms with van der Waals surface area (Å²) >= 11 is 2.47. The van der Waals surface area contributed by atoms with E-state index in [9.17, 15) is 0 Å². The maximum Gasteiger partial charge on any atom is 0.303 e. The first-order chi connectivity index (χ1) is 20.4. The Hall–Kier alpha value is -5.55. The minimum atomic E-state index is -1.42. The minimum Gasteiger partial charge on any atom is -0.432 e. The number of allylic oxidation sites excluding steroid dienone is 2. The van der Waals surface area contributed by atoms with Crippen LogP contribution in [0.1, 0.15) is 34.2 Å². The molecule has 17 heteroatoms. The zero-order valence-corrected chi connectivity index (χ0v) is 22.0. The van der Waals surface area contributed by atoms with Crippen molar-refractivity contribution in [3.8, 4) is 0 Å². The quantitative estimate of drug-likeness (QED) is 0.283. The van der Waals surface area contributed by atoms with E-state index in [1.54, 1.807) is 18.5 Å². The molecular formula is C24H13N11O4S2. The maximum absolute atomic E-state index is 6.02. The summed E-state index contributed by atoms with van der Waals surface area (Å²) in [4.78, 5) is 9.79. The molecule has 0 aromatic carbocycles. The van der Waals surface area contributed by atoms with E-state index < -0.39 is 5.54 Å². The predicted octanol–water partition coefficient (Wildman–Crippen LogP) is 4.01. The summed E-state index contributed by atoms with van der Waals surface area (Å²) in [5.74, 6) is 0. The molecule has 1 atom stereocenters. The lowest BCUT2D eigenvalue weighted by Gasteiger charge is -2.47. The fraction of sp³-hybridized carbons (Fsp3) is 0.0417. The largest absolute Gasteiger partial charge is 0.432 e. The molecule has 8 rings (SSSR count). The van der Waals surface area contributed by atoms with Crippen molar-refractivity contribution in [1.29, 1.82) is 0 Å². The van der Waals surface area contributed by atoms with E-state index in [4.69, 9.17) is 22.5 Å². The van der Waals surface area contributed by atoms with Crippen LogP contribution in [0.25, 0.3) is 22.4 Å². The van der Waals surface area contributed by atoms with Crippen LogP contribution in [0.3, 0.4) is 0 Å². The second kappa shape index (κ2) is 9.28. The van der Waals surface area contributed by atoms with Crippen LogP contribution in [0.15, 0.2) is 90.5 Å². The van der Waals surface area contributed by atoms with Gasteiger partial charge in [-0.3, -0.25) is 4.90 Å². The molecule has 0 aliphatic carbocycles. The fourth-order valence-corrected chi connectivity index (χ4v) is 6.14. The highest BCUT2D eigenvalue weighted by molar-refractivity contribution is 7.03. The molecular weight excluding hydrogens is 570 g/mol. The molecule has 0 spiro atoms. The summed E-state index contributed by atoms with van der Waals surface area (Å²) in [5, 5.41) is 29.1. The van der Waals surface area contributed by atoms with Crippen molar-refractivity contribution in [2.45, 2.75) is 5.54 Å². The number of nitrogens with zero attached hydrogens (tertiary/aromatic N) is 10. The van der Waals surface area contributed by atoms with E-state index in [0.717, 1.165) is 0 Å². The zero-order valence-electron chi connectivity index (χ0n) is 20.3. The van der Waals surface area contributed by atoms with Gasteiger partial charge in [-0.25, -0.2) is 9.61 Å². The topological polar surface area (TPSA) is 188 Å². The highest BCUT2D eigenvalue weighted by atomic mass is 32.1. The van der Waals surface area contributed by atoms with Gasteiger partial charge in [0.25, 0.3) is 0 Å². The van der Waals surface area contributed by atoms with Gasteiger partial charge in [-0.1, -0.05) is 14.8 Å². The number of oxazole rings is 1. The SMILES string of the molecule is c1c[nH]c(C2(c3conn3)C(c3csnn3)=C(c3cnon3)C(c3ccsn3)=C(c3ccon3)N2c2ncco2)c1. The van der Waals surface area contributed by atoms with Crippen LogP contribution in [0.5, 0.6) is 0 Å². The van der Waals surface area contributed by atoms with Gasteiger partial charge in [0, 0.05) is 45.0 Å². The van der Waals surface area contributed by atoms with Gasteiger partial charge in [-0.15, -0.1) is 10.2 Å². The monoisotopic (exact) mass is 583 g/mol. The molecule has 1 N–H and O–H groups in total. The molecule has 1 aliphatic heterocycles. The van der Waals surface area contributed by atoms with Crippen LogP contribution in [-0.2, 0) is 5.54 Å². The highest BCUT2D eigenvalue weighted by Gasteiger charge is 2.57. The number of rotatable bonds is 7. The highest BCUT2D eigenvalue weighted by Crippen LogP contribution is 2.59. The summed E-state index contributed by atoms with van der Waals surface area (Å²) in [5.41, 5.74) is 3.82. The van der Waals surface area contributed by atoms with E-state index in [2.05, 4.69) is 45.4 Å². The molecule has 15 nitrogen and oxygen atoms in total. The average Bonchev–Trinajstić information content (AvgIpc) is 3.87. The van der Waals surface area contributed by atoms with Gasteiger partial charge in [0.1, 0.15) is 35.3 Å². The number of anilines is 1. The molecule has 1 aliphatic rings. The van der Waals surface area contributed by atoms with E-state index in [-0.39, 0.29) is 6.01 Å². The van der Waals surface area contributed by atoms with Crippen molar-refractivity contribution in [1.82, 2.24) is 49.8 Å². The smallest absolute Gasteiger partial charge is 0.303 e. The van der Waals surface area contributed by atoms with Gasteiger partial charge in [0.05, 0.1) is 29.5 Å². The van der Waals surface area contributed by atoms with Gasteiger partial charge in [-0.05, 0) is 46.4 Å². The van der Waals surface area contributed by atoms with Crippen LogP contribution in [0, 0.1) is 0 Å². The third-order valence-corrected chi connectivity index (χ3v) is 7.66. The van der Waals surface area contributed by atoms with Gasteiger partial charge >= 0.3 is 6.01 Å². The second-order valence-electron chi connectivity index (χ2n) is 8.56. The molecule has 41 heavy (non-hydrogen) atoms. The van der Waals surface area contributed by atoms with E-state index in [0.29, 0.717) is 56.6 Å². The standard InChI is InChI=1S/C24H13N11O4S2/c1-2-17(25-5-1)24(18-11-38-33-29-18)21(16-12-41-34-28-16)19(15-10-27-39-31-15)20(13-4-9-40-32-13)22(14-3-7-37-30-14)35(24)23-26-6-8-36-23/h1-12,25H. The number of aromatic amines is 1. The Bertz CT molecular complexity index is 1890. The van der Waals surface area contributed by atoms with E-state index in [1.807, 2.05) is 33.9 Å². The molecule has 8 heterocycles. The Labute approximate surface area is 236 Å². The fourth-order valence-electron chi connectivity index (χ4n) is 5.18. The van der Waals surface area contributed by atoms with Crippen LogP contribution in [0.4, 0.5) is 6.01 Å². The average molecular weight is 584 g/mol. The van der Waals surface area contributed by atoms with E-state index in [1.165, 1.54) is 48.1 Å². The van der Waals surface area contributed by atoms with Crippen molar-refractivity contribution in [3.63, 3.8) is 0 Å². The number of nitrogens with one attached hydrogen (secondary N) is 1. The van der Waals surface area contributed by atoms with Crippen molar-refractivity contribution in [2.75, 3.05) is 4.90 Å².